The Kier molecular flexibility index (Phi) is 5.34. The SMILES string of the molecule is CCC(C)Oc1cc2c3c(c1OC)-c1cc(OC)c(OC)cc1C[C@@H]3N(C)CC2. The molecule has 0 bridgehead atoms. The fourth-order valence-electron chi connectivity index (χ4n) is 4.61. The Morgan fingerprint density at radius 1 is 1.00 bits per heavy atom. The molecule has 0 N–H and O–H groups in total. The minimum absolute atomic E-state index is 0.129. The average Bonchev–Trinajstić information content (AvgIpc) is 2.74. The van der Waals surface area contributed by atoms with Crippen LogP contribution in [-0.2, 0) is 12.8 Å². The van der Waals surface area contributed by atoms with Crippen LogP contribution in [0.25, 0.3) is 11.1 Å². The third kappa shape index (κ3) is 3.21. The number of hydrogen-bond donors (Lipinski definition) is 0. The summed E-state index contributed by atoms with van der Waals surface area (Å²) in [5, 5.41) is 0. The molecule has 5 nitrogen and oxygen atoms in total. The van der Waals surface area contributed by atoms with Crippen molar-refractivity contribution in [2.45, 2.75) is 45.3 Å². The van der Waals surface area contributed by atoms with Crippen molar-refractivity contribution in [1.29, 1.82) is 0 Å². The van der Waals surface area contributed by atoms with E-state index in [1.165, 1.54) is 16.7 Å². The van der Waals surface area contributed by atoms with Crippen LogP contribution >= 0.6 is 0 Å². The molecule has 0 aromatic heterocycles. The maximum absolute atomic E-state index is 6.30. The lowest BCUT2D eigenvalue weighted by Gasteiger charge is -2.41. The Balaban J connectivity index is 2.01. The van der Waals surface area contributed by atoms with E-state index in [0.717, 1.165) is 59.9 Å². The van der Waals surface area contributed by atoms with Crippen molar-refractivity contribution >= 4 is 0 Å². The van der Waals surface area contributed by atoms with Gasteiger partial charge in [-0.15, -0.1) is 0 Å². The van der Waals surface area contributed by atoms with Crippen LogP contribution in [0.4, 0.5) is 0 Å². The number of nitrogens with zero attached hydrogens (tertiary/aromatic N) is 1. The summed E-state index contributed by atoms with van der Waals surface area (Å²) >= 11 is 0. The van der Waals surface area contributed by atoms with Gasteiger partial charge < -0.3 is 18.9 Å². The largest absolute Gasteiger partial charge is 0.493 e. The van der Waals surface area contributed by atoms with Gasteiger partial charge in [0.2, 0.25) is 0 Å². The highest BCUT2D eigenvalue weighted by Gasteiger charge is 2.37. The lowest BCUT2D eigenvalue weighted by atomic mass is 9.76. The molecule has 0 spiro atoms. The van der Waals surface area contributed by atoms with Gasteiger partial charge in [-0.3, -0.25) is 4.90 Å². The summed E-state index contributed by atoms with van der Waals surface area (Å²) in [6.45, 7) is 5.27. The van der Waals surface area contributed by atoms with E-state index >= 15 is 0 Å². The molecule has 29 heavy (non-hydrogen) atoms. The normalized spacial score (nSPS) is 18.5. The summed E-state index contributed by atoms with van der Waals surface area (Å²) in [6, 6.07) is 6.73. The first-order valence-electron chi connectivity index (χ1n) is 10.4. The molecule has 0 saturated carbocycles. The van der Waals surface area contributed by atoms with E-state index in [1.54, 1.807) is 21.3 Å². The third-order valence-electron chi connectivity index (χ3n) is 6.37. The number of rotatable bonds is 6. The Morgan fingerprint density at radius 3 is 2.34 bits per heavy atom. The van der Waals surface area contributed by atoms with Crippen molar-refractivity contribution in [1.82, 2.24) is 4.90 Å². The lowest BCUT2D eigenvalue weighted by Crippen LogP contribution is -2.35. The van der Waals surface area contributed by atoms with Gasteiger partial charge in [0.1, 0.15) is 0 Å². The van der Waals surface area contributed by atoms with E-state index in [9.17, 15) is 0 Å². The van der Waals surface area contributed by atoms with Crippen molar-refractivity contribution in [3.63, 3.8) is 0 Å². The van der Waals surface area contributed by atoms with Gasteiger partial charge in [-0.25, -0.2) is 0 Å². The van der Waals surface area contributed by atoms with Crippen LogP contribution < -0.4 is 18.9 Å². The van der Waals surface area contributed by atoms with Gasteiger partial charge >= 0.3 is 0 Å². The number of ether oxygens (including phenoxy) is 4. The molecule has 1 aliphatic carbocycles. The molecule has 0 radical (unpaired) electrons. The Hall–Kier alpha value is -2.40. The first-order chi connectivity index (χ1) is 14.0. The third-order valence-corrected chi connectivity index (χ3v) is 6.37. The molecule has 156 valence electrons. The van der Waals surface area contributed by atoms with E-state index in [4.69, 9.17) is 18.9 Å². The highest BCUT2D eigenvalue weighted by Crippen LogP contribution is 2.54. The van der Waals surface area contributed by atoms with Crippen molar-refractivity contribution in [3.05, 3.63) is 34.9 Å². The van der Waals surface area contributed by atoms with Crippen molar-refractivity contribution in [3.8, 4) is 34.1 Å². The zero-order chi connectivity index (χ0) is 20.7. The van der Waals surface area contributed by atoms with Crippen LogP contribution in [0, 0.1) is 0 Å². The Bertz CT molecular complexity index is 924. The predicted molar refractivity (Wildman–Crippen MR) is 115 cm³/mol. The molecule has 1 heterocycles. The molecule has 2 aromatic rings. The molecule has 2 aliphatic rings. The van der Waals surface area contributed by atoms with Crippen LogP contribution in [0.5, 0.6) is 23.0 Å². The fourth-order valence-corrected chi connectivity index (χ4v) is 4.61. The molecule has 2 atom stereocenters. The van der Waals surface area contributed by atoms with E-state index in [-0.39, 0.29) is 6.10 Å². The van der Waals surface area contributed by atoms with Gasteiger partial charge in [-0.05, 0) is 73.7 Å². The monoisotopic (exact) mass is 397 g/mol. The molecule has 1 unspecified atom stereocenters. The van der Waals surface area contributed by atoms with Gasteiger partial charge in [0, 0.05) is 18.2 Å². The van der Waals surface area contributed by atoms with Crippen molar-refractivity contribution < 1.29 is 18.9 Å². The molecule has 2 aromatic carbocycles. The minimum atomic E-state index is 0.129. The van der Waals surface area contributed by atoms with Gasteiger partial charge in [-0.2, -0.15) is 0 Å². The summed E-state index contributed by atoms with van der Waals surface area (Å²) in [6.07, 6.45) is 3.03. The minimum Gasteiger partial charge on any atom is -0.493 e. The maximum atomic E-state index is 6.30. The number of fused-ring (bicyclic) bond motifs is 2. The van der Waals surface area contributed by atoms with E-state index < -0.39 is 0 Å². The molecule has 5 heteroatoms. The van der Waals surface area contributed by atoms with Gasteiger partial charge in [0.25, 0.3) is 0 Å². The van der Waals surface area contributed by atoms with E-state index in [1.807, 2.05) is 0 Å². The van der Waals surface area contributed by atoms with Crippen molar-refractivity contribution in [2.24, 2.45) is 0 Å². The topological polar surface area (TPSA) is 40.2 Å². The van der Waals surface area contributed by atoms with Crippen LogP contribution in [0.15, 0.2) is 18.2 Å². The first-order valence-corrected chi connectivity index (χ1v) is 10.4. The molecule has 4 rings (SSSR count). The van der Waals surface area contributed by atoms with Crippen LogP contribution in [-0.4, -0.2) is 45.9 Å². The highest BCUT2D eigenvalue weighted by molar-refractivity contribution is 5.85. The quantitative estimate of drug-likeness (QED) is 0.710. The Morgan fingerprint density at radius 2 is 1.69 bits per heavy atom. The zero-order valence-corrected chi connectivity index (χ0v) is 18.3. The standard InChI is InChI=1S/C24H31NO4/c1-7-14(2)29-21-11-15-8-9-25(3)18-10-16-12-19(26-4)20(27-5)13-17(16)23(22(15)18)24(21)28-6/h11-14,18H,7-10H2,1-6H3/t14?,18-/m0/s1. The van der Waals surface area contributed by atoms with Crippen LogP contribution in [0.3, 0.4) is 0 Å². The number of methoxy groups -OCH3 is 3. The molecule has 0 saturated heterocycles. The van der Waals surface area contributed by atoms with Gasteiger partial charge in [-0.1, -0.05) is 6.92 Å². The first kappa shape index (κ1) is 19.9. The predicted octanol–water partition coefficient (Wildman–Crippen LogP) is 4.64. The number of hydrogen-bond acceptors (Lipinski definition) is 5. The van der Waals surface area contributed by atoms with Crippen LogP contribution in [0.1, 0.15) is 43.0 Å². The summed E-state index contributed by atoms with van der Waals surface area (Å²) in [7, 11) is 7.31. The number of benzene rings is 2. The smallest absolute Gasteiger partial charge is 0.168 e. The van der Waals surface area contributed by atoms with Gasteiger partial charge in [0.15, 0.2) is 23.0 Å². The van der Waals surface area contributed by atoms with E-state index in [2.05, 4.69) is 44.0 Å². The van der Waals surface area contributed by atoms with E-state index in [0.29, 0.717) is 6.04 Å². The molecular weight excluding hydrogens is 366 g/mol. The fraction of sp³-hybridized carbons (Fsp3) is 0.500. The van der Waals surface area contributed by atoms with Crippen LogP contribution in [0.2, 0.25) is 0 Å². The molecule has 0 amide bonds. The lowest BCUT2D eigenvalue weighted by molar-refractivity contribution is 0.203. The summed E-state index contributed by atoms with van der Waals surface area (Å²) in [5.41, 5.74) is 6.27. The second-order valence-electron chi connectivity index (χ2n) is 8.01. The summed E-state index contributed by atoms with van der Waals surface area (Å²) in [4.78, 5) is 2.44. The highest BCUT2D eigenvalue weighted by atomic mass is 16.5. The second-order valence-corrected chi connectivity index (χ2v) is 8.01. The summed E-state index contributed by atoms with van der Waals surface area (Å²) < 4.78 is 23.5. The Labute approximate surface area is 173 Å². The van der Waals surface area contributed by atoms with Crippen molar-refractivity contribution in [2.75, 3.05) is 34.9 Å². The molecular formula is C24H31NO4. The molecule has 1 aliphatic heterocycles. The summed E-state index contributed by atoms with van der Waals surface area (Å²) in [5.74, 6) is 3.15. The second kappa shape index (κ2) is 7.79. The molecule has 0 fully saturated rings. The maximum Gasteiger partial charge on any atom is 0.168 e. The zero-order valence-electron chi connectivity index (χ0n) is 18.3. The number of likely N-dealkylation sites (N-methyl/N-ethyl adjacent to an activating group) is 1. The van der Waals surface area contributed by atoms with Gasteiger partial charge in [0.05, 0.1) is 27.4 Å². The average molecular weight is 398 g/mol.